The van der Waals surface area contributed by atoms with Crippen LogP contribution in [0.4, 0.5) is 0 Å². The zero-order valence-corrected chi connectivity index (χ0v) is 14.9. The van der Waals surface area contributed by atoms with Crippen LogP contribution in [-0.4, -0.2) is 11.1 Å². The number of aryl methyl sites for hydroxylation is 1. The number of fused-ring (bicyclic) bond motifs is 1. The average Bonchev–Trinajstić information content (AvgIpc) is 2.51. The van der Waals surface area contributed by atoms with Crippen molar-refractivity contribution in [3.8, 4) is 11.1 Å². The van der Waals surface area contributed by atoms with E-state index in [1.165, 1.54) is 0 Å². The molecule has 0 saturated heterocycles. The van der Waals surface area contributed by atoms with Crippen LogP contribution in [0, 0.1) is 6.92 Å². The summed E-state index contributed by atoms with van der Waals surface area (Å²) in [4.78, 5) is 23.6. The maximum atomic E-state index is 12.3. The number of carbonyl (C=O) groups is 1. The maximum absolute atomic E-state index is 12.3. The molecule has 6 heteroatoms. The van der Waals surface area contributed by atoms with Crippen LogP contribution in [0.3, 0.4) is 0 Å². The highest BCUT2D eigenvalue weighted by Crippen LogP contribution is 2.34. The minimum atomic E-state index is -1.09. The van der Waals surface area contributed by atoms with Crippen molar-refractivity contribution in [1.29, 1.82) is 0 Å². The van der Waals surface area contributed by atoms with E-state index < -0.39 is 18.0 Å². The van der Waals surface area contributed by atoms with Crippen LogP contribution >= 0.6 is 27.5 Å². The van der Waals surface area contributed by atoms with Crippen molar-refractivity contribution >= 4 is 44.5 Å². The minimum absolute atomic E-state index is 0.124. The van der Waals surface area contributed by atoms with Crippen molar-refractivity contribution in [2.45, 2.75) is 13.3 Å². The Morgan fingerprint density at radius 2 is 1.92 bits per heavy atom. The molecule has 3 rings (SSSR count). The molecule has 0 fully saturated rings. The Morgan fingerprint density at radius 1 is 1.25 bits per heavy atom. The third-order valence-corrected chi connectivity index (χ3v) is 4.68. The van der Waals surface area contributed by atoms with Gasteiger partial charge in [-0.3, -0.25) is 4.79 Å². The van der Waals surface area contributed by atoms with Crippen LogP contribution in [0.25, 0.3) is 22.1 Å². The molecule has 24 heavy (non-hydrogen) atoms. The summed E-state index contributed by atoms with van der Waals surface area (Å²) in [7, 11) is 0. The van der Waals surface area contributed by atoms with Gasteiger partial charge in [-0.25, -0.2) is 4.79 Å². The Labute approximate surface area is 150 Å². The molecule has 0 bridgehead atoms. The van der Waals surface area contributed by atoms with Gasteiger partial charge in [-0.15, -0.1) is 0 Å². The van der Waals surface area contributed by atoms with E-state index in [2.05, 4.69) is 15.9 Å². The fourth-order valence-corrected chi connectivity index (χ4v) is 3.05. The number of aliphatic carboxylic acids is 1. The van der Waals surface area contributed by atoms with Gasteiger partial charge in [0.05, 0.1) is 12.0 Å². The Kier molecular flexibility index (Phi) is 4.47. The normalized spacial score (nSPS) is 11.0. The molecule has 0 unspecified atom stereocenters. The predicted octanol–water partition coefficient (Wildman–Crippen LogP) is 4.81. The molecule has 0 saturated carbocycles. The first-order valence-corrected chi connectivity index (χ1v) is 8.27. The smallest absolute Gasteiger partial charge is 0.340 e. The Balaban J connectivity index is 2.44. The number of halogens is 2. The number of hydrogen-bond acceptors (Lipinski definition) is 3. The quantitative estimate of drug-likeness (QED) is 0.633. The van der Waals surface area contributed by atoms with Crippen molar-refractivity contribution in [2.24, 2.45) is 0 Å². The number of hydrogen-bond donors (Lipinski definition) is 1. The molecule has 0 spiro atoms. The average molecular weight is 408 g/mol. The second kappa shape index (κ2) is 6.42. The fraction of sp³-hybridized carbons (Fsp3) is 0.111. The van der Waals surface area contributed by atoms with E-state index in [4.69, 9.17) is 21.1 Å². The Hall–Kier alpha value is -2.11. The molecule has 0 atom stereocenters. The van der Waals surface area contributed by atoms with Gasteiger partial charge in [0.15, 0.2) is 0 Å². The SMILES string of the molecule is Cc1cc2c(-c3ccc(Br)cc3)c(CC(=O)O)c(=O)oc2cc1Cl. The highest BCUT2D eigenvalue weighted by atomic mass is 79.9. The van der Waals surface area contributed by atoms with Gasteiger partial charge < -0.3 is 9.52 Å². The Bertz CT molecular complexity index is 1010. The van der Waals surface area contributed by atoms with Crippen molar-refractivity contribution in [3.05, 3.63) is 67.4 Å². The maximum Gasteiger partial charge on any atom is 0.340 e. The van der Waals surface area contributed by atoms with Gasteiger partial charge in [-0.2, -0.15) is 0 Å². The van der Waals surface area contributed by atoms with Gasteiger partial charge in [0.1, 0.15) is 5.58 Å². The molecule has 1 N–H and O–H groups in total. The summed E-state index contributed by atoms with van der Waals surface area (Å²) in [5, 5.41) is 10.3. The monoisotopic (exact) mass is 406 g/mol. The van der Waals surface area contributed by atoms with Crippen molar-refractivity contribution in [3.63, 3.8) is 0 Å². The molecule has 3 aromatic rings. The molecule has 4 nitrogen and oxygen atoms in total. The zero-order chi connectivity index (χ0) is 17.4. The summed E-state index contributed by atoms with van der Waals surface area (Å²) in [6.07, 6.45) is -0.411. The minimum Gasteiger partial charge on any atom is -0.481 e. The third-order valence-electron chi connectivity index (χ3n) is 3.74. The van der Waals surface area contributed by atoms with Crippen molar-refractivity contribution in [1.82, 2.24) is 0 Å². The Morgan fingerprint density at radius 3 is 2.54 bits per heavy atom. The molecule has 1 aromatic heterocycles. The predicted molar refractivity (Wildman–Crippen MR) is 96.7 cm³/mol. The fourth-order valence-electron chi connectivity index (χ4n) is 2.63. The van der Waals surface area contributed by atoms with Gasteiger partial charge in [0.25, 0.3) is 0 Å². The van der Waals surface area contributed by atoms with E-state index in [9.17, 15) is 9.59 Å². The van der Waals surface area contributed by atoms with Crippen molar-refractivity contribution in [2.75, 3.05) is 0 Å². The van der Waals surface area contributed by atoms with Gasteiger partial charge >= 0.3 is 11.6 Å². The zero-order valence-electron chi connectivity index (χ0n) is 12.6. The molecule has 0 aliphatic rings. The van der Waals surface area contributed by atoms with Crippen LogP contribution in [0.1, 0.15) is 11.1 Å². The summed E-state index contributed by atoms with van der Waals surface area (Å²) < 4.78 is 6.19. The number of carboxylic acid groups (broad SMARTS) is 1. The first-order valence-electron chi connectivity index (χ1n) is 7.10. The van der Waals surface area contributed by atoms with Gasteiger partial charge in [0, 0.05) is 26.5 Å². The lowest BCUT2D eigenvalue weighted by atomic mass is 9.95. The van der Waals surface area contributed by atoms with Gasteiger partial charge in [-0.1, -0.05) is 39.7 Å². The standard InChI is InChI=1S/C18H12BrClO4/c1-9-6-12-15(8-14(9)20)24-18(23)13(7-16(21)22)17(12)10-2-4-11(19)5-3-10/h2-6,8H,7H2,1H3,(H,21,22). The lowest BCUT2D eigenvalue weighted by Crippen LogP contribution is -2.14. The van der Waals surface area contributed by atoms with Crippen molar-refractivity contribution < 1.29 is 14.3 Å². The molecule has 1 heterocycles. The molecular weight excluding hydrogens is 396 g/mol. The third kappa shape index (κ3) is 3.09. The van der Waals surface area contributed by atoms with E-state index in [1.807, 2.05) is 37.3 Å². The lowest BCUT2D eigenvalue weighted by Gasteiger charge is -2.12. The van der Waals surface area contributed by atoms with Crippen LogP contribution < -0.4 is 5.63 Å². The summed E-state index contributed by atoms with van der Waals surface area (Å²) in [6, 6.07) is 10.7. The molecule has 0 aliphatic carbocycles. The van der Waals surface area contributed by atoms with E-state index in [0.29, 0.717) is 21.6 Å². The molecule has 0 radical (unpaired) electrons. The molecule has 122 valence electrons. The number of benzene rings is 2. The lowest BCUT2D eigenvalue weighted by molar-refractivity contribution is -0.136. The highest BCUT2D eigenvalue weighted by molar-refractivity contribution is 9.10. The number of rotatable bonds is 3. The van der Waals surface area contributed by atoms with Crippen LogP contribution in [0.2, 0.25) is 5.02 Å². The molecule has 0 amide bonds. The summed E-state index contributed by atoms with van der Waals surface area (Å²) in [6.45, 7) is 1.84. The van der Waals surface area contributed by atoms with E-state index in [0.717, 1.165) is 15.6 Å². The summed E-state index contributed by atoms with van der Waals surface area (Å²) in [5.74, 6) is -1.09. The first-order chi connectivity index (χ1) is 11.4. The van der Waals surface area contributed by atoms with E-state index in [1.54, 1.807) is 6.07 Å². The molecule has 0 aliphatic heterocycles. The molecule has 2 aromatic carbocycles. The van der Waals surface area contributed by atoms with Crippen LogP contribution in [-0.2, 0) is 11.2 Å². The topological polar surface area (TPSA) is 67.5 Å². The van der Waals surface area contributed by atoms with Gasteiger partial charge in [0.2, 0.25) is 0 Å². The second-order valence-electron chi connectivity index (χ2n) is 5.42. The van der Waals surface area contributed by atoms with Crippen LogP contribution in [0.15, 0.2) is 50.1 Å². The second-order valence-corrected chi connectivity index (χ2v) is 6.74. The largest absolute Gasteiger partial charge is 0.481 e. The van der Waals surface area contributed by atoms with E-state index in [-0.39, 0.29) is 5.56 Å². The van der Waals surface area contributed by atoms with E-state index >= 15 is 0 Å². The summed E-state index contributed by atoms with van der Waals surface area (Å²) >= 11 is 9.49. The van der Waals surface area contributed by atoms with Crippen LogP contribution in [0.5, 0.6) is 0 Å². The number of carboxylic acids is 1. The van der Waals surface area contributed by atoms with Gasteiger partial charge in [-0.05, 0) is 36.2 Å². The summed E-state index contributed by atoms with van der Waals surface area (Å²) in [5.41, 5.74) is 1.92. The molecular formula is C18H12BrClO4. The first kappa shape index (κ1) is 16.7. The highest BCUT2D eigenvalue weighted by Gasteiger charge is 2.19.